The van der Waals surface area contributed by atoms with Gasteiger partial charge in [-0.25, -0.2) is 0 Å². The Labute approximate surface area is 100 Å². The molecule has 1 nitrogen and oxygen atoms in total. The summed E-state index contributed by atoms with van der Waals surface area (Å²) < 4.78 is 1.25. The van der Waals surface area contributed by atoms with Gasteiger partial charge in [0.15, 0.2) is 0 Å². The van der Waals surface area contributed by atoms with Crippen LogP contribution in [0.15, 0.2) is 10.5 Å². The summed E-state index contributed by atoms with van der Waals surface area (Å²) in [5.41, 5.74) is 5.95. The molecule has 15 heavy (non-hydrogen) atoms. The van der Waals surface area contributed by atoms with Crippen LogP contribution >= 0.6 is 15.9 Å². The van der Waals surface area contributed by atoms with E-state index in [0.29, 0.717) is 6.04 Å². The van der Waals surface area contributed by atoms with Crippen molar-refractivity contribution < 1.29 is 0 Å². The summed E-state index contributed by atoms with van der Waals surface area (Å²) in [7, 11) is 2.06. The summed E-state index contributed by atoms with van der Waals surface area (Å²) in [5, 5.41) is 3.43. The highest BCUT2D eigenvalue weighted by Gasteiger charge is 2.23. The zero-order valence-corrected chi connectivity index (χ0v) is 11.2. The molecule has 1 aromatic carbocycles. The maximum Gasteiger partial charge on any atom is 0.0323 e. The number of aryl methyl sites for hydroxylation is 1. The van der Waals surface area contributed by atoms with Crippen molar-refractivity contribution in [2.45, 2.75) is 39.2 Å². The van der Waals surface area contributed by atoms with Gasteiger partial charge in [0.05, 0.1) is 0 Å². The van der Waals surface area contributed by atoms with Crippen molar-refractivity contribution in [3.63, 3.8) is 0 Å². The minimum absolute atomic E-state index is 0.546. The molecule has 0 aliphatic heterocycles. The second-order valence-electron chi connectivity index (χ2n) is 4.43. The molecule has 1 aromatic rings. The lowest BCUT2D eigenvalue weighted by Crippen LogP contribution is -2.23. The SMILES string of the molecule is CNC1CCCc2c(C)cc(Br)c(C)c21. The van der Waals surface area contributed by atoms with Gasteiger partial charge in [0.1, 0.15) is 0 Å². The van der Waals surface area contributed by atoms with Gasteiger partial charge in [-0.2, -0.15) is 0 Å². The van der Waals surface area contributed by atoms with Crippen molar-refractivity contribution in [3.05, 3.63) is 32.8 Å². The third kappa shape index (κ3) is 1.85. The molecular formula is C13H18BrN. The van der Waals surface area contributed by atoms with Gasteiger partial charge in [0, 0.05) is 10.5 Å². The topological polar surface area (TPSA) is 12.0 Å². The highest BCUT2D eigenvalue weighted by Crippen LogP contribution is 2.37. The fourth-order valence-electron chi connectivity index (χ4n) is 2.67. The molecule has 0 spiro atoms. The van der Waals surface area contributed by atoms with Crippen LogP contribution in [0.5, 0.6) is 0 Å². The number of hydrogen-bond donors (Lipinski definition) is 1. The Morgan fingerprint density at radius 3 is 2.80 bits per heavy atom. The van der Waals surface area contributed by atoms with Crippen LogP contribution in [-0.2, 0) is 6.42 Å². The van der Waals surface area contributed by atoms with Crippen molar-refractivity contribution in [3.8, 4) is 0 Å². The molecule has 1 unspecified atom stereocenters. The summed E-state index contributed by atoms with van der Waals surface area (Å²) in [4.78, 5) is 0. The molecule has 82 valence electrons. The van der Waals surface area contributed by atoms with Gasteiger partial charge in [-0.05, 0) is 68.5 Å². The summed E-state index contributed by atoms with van der Waals surface area (Å²) in [6.45, 7) is 4.44. The predicted octanol–water partition coefficient (Wildman–Crippen LogP) is 3.66. The Morgan fingerprint density at radius 2 is 2.13 bits per heavy atom. The molecule has 2 rings (SSSR count). The van der Waals surface area contributed by atoms with E-state index < -0.39 is 0 Å². The molecule has 2 heteroatoms. The number of halogens is 1. The standard InChI is InChI=1S/C13H18BrN/c1-8-7-11(14)9(2)13-10(8)5-4-6-12(13)15-3/h7,12,15H,4-6H2,1-3H3. The Balaban J connectivity index is 2.62. The normalized spacial score (nSPS) is 20.1. The molecule has 1 aliphatic carbocycles. The van der Waals surface area contributed by atoms with Crippen LogP contribution in [0.4, 0.5) is 0 Å². The van der Waals surface area contributed by atoms with E-state index in [4.69, 9.17) is 0 Å². The number of nitrogens with one attached hydrogen (secondary N) is 1. The molecule has 0 bridgehead atoms. The average molecular weight is 268 g/mol. The maximum absolute atomic E-state index is 3.65. The van der Waals surface area contributed by atoms with Gasteiger partial charge in [0.25, 0.3) is 0 Å². The van der Waals surface area contributed by atoms with Gasteiger partial charge < -0.3 is 5.32 Å². The summed E-state index contributed by atoms with van der Waals surface area (Å²) in [5.74, 6) is 0. The van der Waals surface area contributed by atoms with E-state index in [1.807, 2.05) is 0 Å². The van der Waals surface area contributed by atoms with Crippen molar-refractivity contribution in [1.29, 1.82) is 0 Å². The number of hydrogen-bond acceptors (Lipinski definition) is 1. The second-order valence-corrected chi connectivity index (χ2v) is 5.28. The van der Waals surface area contributed by atoms with Gasteiger partial charge in [0.2, 0.25) is 0 Å². The maximum atomic E-state index is 3.65. The third-order valence-corrected chi connectivity index (χ3v) is 4.35. The van der Waals surface area contributed by atoms with E-state index in [2.05, 4.69) is 48.2 Å². The van der Waals surface area contributed by atoms with Crippen LogP contribution in [0, 0.1) is 13.8 Å². The molecule has 1 aliphatic rings. The first-order valence-electron chi connectivity index (χ1n) is 5.61. The number of benzene rings is 1. The van der Waals surface area contributed by atoms with E-state index >= 15 is 0 Å². The molecule has 0 amide bonds. The molecule has 0 saturated heterocycles. The minimum atomic E-state index is 0.546. The van der Waals surface area contributed by atoms with E-state index in [0.717, 1.165) is 0 Å². The molecule has 1 atom stereocenters. The van der Waals surface area contributed by atoms with Crippen LogP contribution in [0.25, 0.3) is 0 Å². The van der Waals surface area contributed by atoms with Gasteiger partial charge >= 0.3 is 0 Å². The molecule has 1 N–H and O–H groups in total. The fourth-order valence-corrected chi connectivity index (χ4v) is 3.23. The highest BCUT2D eigenvalue weighted by molar-refractivity contribution is 9.10. The Hall–Kier alpha value is -0.340. The third-order valence-electron chi connectivity index (χ3n) is 3.52. The zero-order chi connectivity index (χ0) is 11.0. The lowest BCUT2D eigenvalue weighted by molar-refractivity contribution is 0.492. The van der Waals surface area contributed by atoms with Gasteiger partial charge in [-0.1, -0.05) is 15.9 Å². The molecule has 0 saturated carbocycles. The van der Waals surface area contributed by atoms with E-state index in [1.165, 1.54) is 40.4 Å². The van der Waals surface area contributed by atoms with Crippen LogP contribution in [0.1, 0.15) is 41.1 Å². The molecule has 0 fully saturated rings. The van der Waals surface area contributed by atoms with Gasteiger partial charge in [-0.3, -0.25) is 0 Å². The van der Waals surface area contributed by atoms with Crippen LogP contribution in [-0.4, -0.2) is 7.05 Å². The zero-order valence-electron chi connectivity index (χ0n) is 9.65. The van der Waals surface area contributed by atoms with Crippen LogP contribution in [0.2, 0.25) is 0 Å². The number of fused-ring (bicyclic) bond motifs is 1. The lowest BCUT2D eigenvalue weighted by Gasteiger charge is -2.29. The van der Waals surface area contributed by atoms with E-state index in [-0.39, 0.29) is 0 Å². The molecule has 0 heterocycles. The predicted molar refractivity (Wildman–Crippen MR) is 68.4 cm³/mol. The molecule has 0 radical (unpaired) electrons. The Kier molecular flexibility index (Phi) is 3.17. The lowest BCUT2D eigenvalue weighted by atomic mass is 9.82. The first-order valence-corrected chi connectivity index (χ1v) is 6.40. The largest absolute Gasteiger partial charge is 0.313 e. The van der Waals surface area contributed by atoms with E-state index in [9.17, 15) is 0 Å². The second kappa shape index (κ2) is 4.26. The van der Waals surface area contributed by atoms with E-state index in [1.54, 1.807) is 5.56 Å². The fraction of sp³-hybridized carbons (Fsp3) is 0.538. The summed E-state index contributed by atoms with van der Waals surface area (Å²) >= 11 is 3.65. The van der Waals surface area contributed by atoms with Gasteiger partial charge in [-0.15, -0.1) is 0 Å². The Morgan fingerprint density at radius 1 is 1.40 bits per heavy atom. The quantitative estimate of drug-likeness (QED) is 0.819. The van der Waals surface area contributed by atoms with Crippen molar-refractivity contribution >= 4 is 15.9 Å². The van der Waals surface area contributed by atoms with Crippen molar-refractivity contribution in [2.24, 2.45) is 0 Å². The number of rotatable bonds is 1. The molecule has 0 aromatic heterocycles. The first-order chi connectivity index (χ1) is 7.15. The van der Waals surface area contributed by atoms with Crippen LogP contribution in [0.3, 0.4) is 0 Å². The monoisotopic (exact) mass is 267 g/mol. The molecular weight excluding hydrogens is 250 g/mol. The highest BCUT2D eigenvalue weighted by atomic mass is 79.9. The first kappa shape index (κ1) is 11.2. The summed E-state index contributed by atoms with van der Waals surface area (Å²) in [6.07, 6.45) is 3.81. The summed E-state index contributed by atoms with van der Waals surface area (Å²) in [6, 6.07) is 2.80. The average Bonchev–Trinajstić information content (AvgIpc) is 2.25. The van der Waals surface area contributed by atoms with Crippen LogP contribution < -0.4 is 5.32 Å². The Bertz CT molecular complexity index is 385. The smallest absolute Gasteiger partial charge is 0.0323 e. The van der Waals surface area contributed by atoms with Crippen molar-refractivity contribution in [2.75, 3.05) is 7.05 Å². The minimum Gasteiger partial charge on any atom is -0.313 e. The van der Waals surface area contributed by atoms with Crippen molar-refractivity contribution in [1.82, 2.24) is 5.32 Å².